The minimum absolute atomic E-state index is 0.0306. The van der Waals surface area contributed by atoms with Gasteiger partial charge in [-0.05, 0) is 54.2 Å². The first-order valence-corrected chi connectivity index (χ1v) is 6.90. The highest BCUT2D eigenvalue weighted by atomic mass is 79.9. The van der Waals surface area contributed by atoms with Crippen molar-refractivity contribution >= 4 is 27.5 Å². The second-order valence-electron chi connectivity index (χ2n) is 4.46. The summed E-state index contributed by atoms with van der Waals surface area (Å²) in [5.41, 5.74) is 0.0306. The van der Waals surface area contributed by atoms with Crippen LogP contribution in [0.5, 0.6) is 0 Å². The van der Waals surface area contributed by atoms with Gasteiger partial charge in [0.25, 0.3) is 0 Å². The SMILES string of the molecule is Fc1c(F)c(CC2CCCNC2)c(Br)c(F)c1Cl. The van der Waals surface area contributed by atoms with Crippen LogP contribution in [0.15, 0.2) is 4.47 Å². The van der Waals surface area contributed by atoms with Gasteiger partial charge in [-0.15, -0.1) is 0 Å². The Morgan fingerprint density at radius 1 is 1.22 bits per heavy atom. The maximum atomic E-state index is 13.8. The van der Waals surface area contributed by atoms with Crippen molar-refractivity contribution in [3.8, 4) is 0 Å². The Balaban J connectivity index is 2.32. The van der Waals surface area contributed by atoms with Crippen molar-refractivity contribution in [3.63, 3.8) is 0 Å². The van der Waals surface area contributed by atoms with E-state index in [0.717, 1.165) is 25.9 Å². The molecule has 100 valence electrons. The summed E-state index contributed by atoms with van der Waals surface area (Å²) < 4.78 is 40.7. The Bertz CT molecular complexity index is 432. The lowest BCUT2D eigenvalue weighted by molar-refractivity contribution is 0.367. The smallest absolute Gasteiger partial charge is 0.180 e. The van der Waals surface area contributed by atoms with Crippen molar-refractivity contribution in [2.45, 2.75) is 19.3 Å². The van der Waals surface area contributed by atoms with Crippen molar-refractivity contribution in [3.05, 3.63) is 32.5 Å². The van der Waals surface area contributed by atoms with E-state index in [9.17, 15) is 13.2 Å². The minimum atomic E-state index is -1.31. The Morgan fingerprint density at radius 2 is 1.94 bits per heavy atom. The van der Waals surface area contributed by atoms with E-state index in [4.69, 9.17) is 11.6 Å². The minimum Gasteiger partial charge on any atom is -0.316 e. The number of piperidine rings is 1. The van der Waals surface area contributed by atoms with Gasteiger partial charge in [-0.1, -0.05) is 11.6 Å². The lowest BCUT2D eigenvalue weighted by Crippen LogP contribution is -2.31. The molecule has 0 aliphatic carbocycles. The molecule has 1 unspecified atom stereocenters. The maximum Gasteiger partial charge on any atom is 0.180 e. The molecule has 0 spiro atoms. The Kier molecular flexibility index (Phi) is 4.56. The van der Waals surface area contributed by atoms with Crippen molar-refractivity contribution < 1.29 is 13.2 Å². The average molecular weight is 343 g/mol. The largest absolute Gasteiger partial charge is 0.316 e. The van der Waals surface area contributed by atoms with Crippen molar-refractivity contribution in [1.82, 2.24) is 5.32 Å². The summed E-state index contributed by atoms with van der Waals surface area (Å²) in [4.78, 5) is 0. The van der Waals surface area contributed by atoms with Crippen LogP contribution < -0.4 is 5.32 Å². The molecular formula is C12H12BrClF3N. The molecule has 1 saturated heterocycles. The van der Waals surface area contributed by atoms with Crippen LogP contribution in [0.4, 0.5) is 13.2 Å². The average Bonchev–Trinajstić information content (AvgIpc) is 2.40. The van der Waals surface area contributed by atoms with Crippen LogP contribution in [0.3, 0.4) is 0 Å². The quantitative estimate of drug-likeness (QED) is 0.631. The molecule has 0 aromatic heterocycles. The topological polar surface area (TPSA) is 12.0 Å². The summed E-state index contributed by atoms with van der Waals surface area (Å²) in [6.45, 7) is 1.67. The summed E-state index contributed by atoms with van der Waals surface area (Å²) in [6, 6.07) is 0. The van der Waals surface area contributed by atoms with E-state index in [2.05, 4.69) is 21.2 Å². The van der Waals surface area contributed by atoms with Crippen LogP contribution in [0.25, 0.3) is 0 Å². The number of nitrogens with one attached hydrogen (secondary N) is 1. The molecule has 1 aromatic carbocycles. The highest BCUT2D eigenvalue weighted by Crippen LogP contribution is 2.34. The second-order valence-corrected chi connectivity index (χ2v) is 5.64. The van der Waals surface area contributed by atoms with Crippen molar-refractivity contribution in [2.24, 2.45) is 5.92 Å². The molecule has 0 saturated carbocycles. The third-order valence-electron chi connectivity index (χ3n) is 3.19. The van der Waals surface area contributed by atoms with Crippen LogP contribution >= 0.6 is 27.5 Å². The molecule has 2 rings (SSSR count). The van der Waals surface area contributed by atoms with Gasteiger partial charge in [0.15, 0.2) is 17.5 Å². The van der Waals surface area contributed by atoms with Gasteiger partial charge in [0.05, 0.1) is 4.47 Å². The zero-order valence-corrected chi connectivity index (χ0v) is 11.8. The molecule has 0 bridgehead atoms. The summed E-state index contributed by atoms with van der Waals surface area (Å²) in [5.74, 6) is -3.12. The first kappa shape index (κ1) is 14.2. The Labute approximate surface area is 117 Å². The first-order chi connectivity index (χ1) is 8.52. The second kappa shape index (κ2) is 5.80. The molecule has 1 heterocycles. The highest BCUT2D eigenvalue weighted by molar-refractivity contribution is 9.10. The number of hydrogen-bond acceptors (Lipinski definition) is 1. The molecule has 0 radical (unpaired) electrons. The van der Waals surface area contributed by atoms with E-state index in [1.165, 1.54) is 0 Å². The van der Waals surface area contributed by atoms with Gasteiger partial charge in [-0.3, -0.25) is 0 Å². The van der Waals surface area contributed by atoms with E-state index in [1.54, 1.807) is 0 Å². The molecule has 6 heteroatoms. The number of benzene rings is 1. The maximum absolute atomic E-state index is 13.8. The van der Waals surface area contributed by atoms with Crippen LogP contribution in [-0.4, -0.2) is 13.1 Å². The van der Waals surface area contributed by atoms with E-state index in [1.807, 2.05) is 0 Å². The summed E-state index contributed by atoms with van der Waals surface area (Å²) in [5, 5.41) is 2.38. The lowest BCUT2D eigenvalue weighted by atomic mass is 9.92. The molecule has 1 nitrogen and oxygen atoms in total. The third-order valence-corrected chi connectivity index (χ3v) is 4.35. The molecule has 1 aliphatic heterocycles. The van der Waals surface area contributed by atoms with Crippen molar-refractivity contribution in [1.29, 1.82) is 0 Å². The zero-order chi connectivity index (χ0) is 13.3. The predicted octanol–water partition coefficient (Wildman–Crippen LogP) is 4.06. The molecule has 1 fully saturated rings. The Hall–Kier alpha value is -0.260. The number of hydrogen-bond donors (Lipinski definition) is 1. The molecule has 1 aromatic rings. The Morgan fingerprint density at radius 3 is 2.56 bits per heavy atom. The monoisotopic (exact) mass is 341 g/mol. The third kappa shape index (κ3) is 2.68. The van der Waals surface area contributed by atoms with Gasteiger partial charge in [0.2, 0.25) is 0 Å². The van der Waals surface area contributed by atoms with Crippen LogP contribution in [0, 0.1) is 23.4 Å². The fourth-order valence-corrected chi connectivity index (χ4v) is 3.04. The summed E-state index contributed by atoms with van der Waals surface area (Å²) >= 11 is 8.33. The molecule has 0 amide bonds. The van der Waals surface area contributed by atoms with E-state index >= 15 is 0 Å². The van der Waals surface area contributed by atoms with Gasteiger partial charge < -0.3 is 5.32 Å². The van der Waals surface area contributed by atoms with E-state index in [0.29, 0.717) is 6.42 Å². The lowest BCUT2D eigenvalue weighted by Gasteiger charge is -2.23. The van der Waals surface area contributed by atoms with Crippen LogP contribution in [-0.2, 0) is 6.42 Å². The van der Waals surface area contributed by atoms with E-state index < -0.39 is 22.5 Å². The number of halogens is 5. The molecule has 18 heavy (non-hydrogen) atoms. The van der Waals surface area contributed by atoms with Gasteiger partial charge in [0, 0.05) is 5.56 Å². The normalized spacial score (nSPS) is 20.2. The summed E-state index contributed by atoms with van der Waals surface area (Å²) in [6.07, 6.45) is 2.21. The molecule has 1 aliphatic rings. The zero-order valence-electron chi connectivity index (χ0n) is 9.50. The van der Waals surface area contributed by atoms with Gasteiger partial charge in [-0.25, -0.2) is 13.2 Å². The standard InChI is InChI=1S/C12H12BrClF3N/c13-8-7(4-6-2-1-3-18-5-6)10(15)12(17)9(14)11(8)16/h6,18H,1-5H2. The predicted molar refractivity (Wildman–Crippen MR) is 68.3 cm³/mol. The van der Waals surface area contributed by atoms with Crippen LogP contribution in [0.2, 0.25) is 5.02 Å². The van der Waals surface area contributed by atoms with Crippen molar-refractivity contribution in [2.75, 3.05) is 13.1 Å². The fourth-order valence-electron chi connectivity index (χ4n) is 2.22. The summed E-state index contributed by atoms with van der Waals surface area (Å²) in [7, 11) is 0. The van der Waals surface area contributed by atoms with Gasteiger partial charge in [-0.2, -0.15) is 0 Å². The molecular weight excluding hydrogens is 330 g/mol. The van der Waals surface area contributed by atoms with Crippen LogP contribution in [0.1, 0.15) is 18.4 Å². The first-order valence-electron chi connectivity index (χ1n) is 5.73. The van der Waals surface area contributed by atoms with Gasteiger partial charge in [0.1, 0.15) is 5.02 Å². The fraction of sp³-hybridized carbons (Fsp3) is 0.500. The van der Waals surface area contributed by atoms with Gasteiger partial charge >= 0.3 is 0 Å². The molecule has 1 atom stereocenters. The highest BCUT2D eigenvalue weighted by Gasteiger charge is 2.25. The van der Waals surface area contributed by atoms with E-state index in [-0.39, 0.29) is 16.0 Å². The molecule has 1 N–H and O–H groups in total. The number of rotatable bonds is 2.